The molecule has 2 heterocycles. The van der Waals surface area contributed by atoms with Crippen LogP contribution in [0.3, 0.4) is 0 Å². The van der Waals surface area contributed by atoms with Gasteiger partial charge in [0.2, 0.25) is 0 Å². The van der Waals surface area contributed by atoms with Crippen LogP contribution in [0.15, 0.2) is 48.7 Å². The lowest BCUT2D eigenvalue weighted by Gasteiger charge is -2.22. The van der Waals surface area contributed by atoms with Gasteiger partial charge in [0.05, 0.1) is 17.4 Å². The van der Waals surface area contributed by atoms with E-state index < -0.39 is 0 Å². The molecule has 0 atom stereocenters. The highest BCUT2D eigenvalue weighted by molar-refractivity contribution is 6.00. The van der Waals surface area contributed by atoms with Gasteiger partial charge in [0, 0.05) is 37.8 Å². The number of rotatable bonds is 4. The van der Waals surface area contributed by atoms with Gasteiger partial charge in [-0.2, -0.15) is 5.10 Å². The maximum Gasteiger partial charge on any atom is 0.319 e. The molecule has 0 spiro atoms. The van der Waals surface area contributed by atoms with Crippen molar-refractivity contribution in [2.75, 3.05) is 23.3 Å². The van der Waals surface area contributed by atoms with E-state index in [1.165, 1.54) is 31.4 Å². The molecule has 1 aliphatic heterocycles. The summed E-state index contributed by atoms with van der Waals surface area (Å²) >= 11 is 0. The zero-order valence-electron chi connectivity index (χ0n) is 16.3. The number of anilines is 2. The first kappa shape index (κ1) is 18.3. The van der Waals surface area contributed by atoms with Gasteiger partial charge in [0.15, 0.2) is 0 Å². The molecule has 3 aromatic rings. The summed E-state index contributed by atoms with van der Waals surface area (Å²) in [6.07, 6.45) is 6.98. The average molecular weight is 377 g/mol. The van der Waals surface area contributed by atoms with Gasteiger partial charge >= 0.3 is 6.03 Å². The van der Waals surface area contributed by atoms with Crippen LogP contribution < -0.4 is 15.5 Å². The molecule has 1 saturated heterocycles. The smallest absolute Gasteiger partial charge is 0.319 e. The second-order valence-corrected chi connectivity index (χ2v) is 7.38. The van der Waals surface area contributed by atoms with Gasteiger partial charge in [-0.1, -0.05) is 31.0 Å². The minimum absolute atomic E-state index is 0.215. The molecule has 0 aliphatic carbocycles. The molecule has 1 aromatic heterocycles. The summed E-state index contributed by atoms with van der Waals surface area (Å²) < 4.78 is 1.80. The topological polar surface area (TPSA) is 62.2 Å². The van der Waals surface area contributed by atoms with Crippen molar-refractivity contribution in [1.82, 2.24) is 15.1 Å². The SMILES string of the molecule is Cn1ncc2c(NC(=O)NCc3ccc(N4CCCCCC4)cc3)cccc21. The molecule has 0 unspecified atom stereocenters. The fraction of sp³-hybridized carbons (Fsp3) is 0.364. The highest BCUT2D eigenvalue weighted by atomic mass is 16.2. The third-order valence-electron chi connectivity index (χ3n) is 5.40. The first-order valence-electron chi connectivity index (χ1n) is 10.0. The molecule has 1 fully saturated rings. The Morgan fingerprint density at radius 2 is 1.79 bits per heavy atom. The lowest BCUT2D eigenvalue weighted by Crippen LogP contribution is -2.28. The van der Waals surface area contributed by atoms with E-state index in [0.717, 1.165) is 35.2 Å². The number of carbonyl (C=O) groups excluding carboxylic acids is 1. The number of hydrogen-bond acceptors (Lipinski definition) is 3. The highest BCUT2D eigenvalue weighted by Gasteiger charge is 2.10. The maximum absolute atomic E-state index is 12.3. The molecular formula is C22H27N5O. The predicted molar refractivity (Wildman–Crippen MR) is 114 cm³/mol. The Kier molecular flexibility index (Phi) is 5.46. The molecule has 28 heavy (non-hydrogen) atoms. The summed E-state index contributed by atoms with van der Waals surface area (Å²) in [5, 5.41) is 11.0. The summed E-state index contributed by atoms with van der Waals surface area (Å²) in [7, 11) is 1.89. The Bertz CT molecular complexity index is 939. The van der Waals surface area contributed by atoms with E-state index >= 15 is 0 Å². The Morgan fingerprint density at radius 1 is 1.04 bits per heavy atom. The molecule has 6 heteroatoms. The minimum Gasteiger partial charge on any atom is -0.372 e. The second-order valence-electron chi connectivity index (χ2n) is 7.38. The van der Waals surface area contributed by atoms with Crippen molar-refractivity contribution in [3.05, 3.63) is 54.2 Å². The molecule has 0 saturated carbocycles. The molecule has 2 amide bonds. The first-order chi connectivity index (χ1) is 13.7. The average Bonchev–Trinajstić information content (AvgIpc) is 2.93. The number of nitrogens with zero attached hydrogens (tertiary/aromatic N) is 3. The van der Waals surface area contributed by atoms with Crippen molar-refractivity contribution in [1.29, 1.82) is 0 Å². The Hall–Kier alpha value is -3.02. The van der Waals surface area contributed by atoms with Crippen LogP contribution in [0.25, 0.3) is 10.9 Å². The Balaban J connectivity index is 1.34. The number of nitrogens with one attached hydrogen (secondary N) is 2. The number of benzene rings is 2. The van der Waals surface area contributed by atoms with Gasteiger partial charge in [-0.15, -0.1) is 0 Å². The number of carbonyl (C=O) groups is 1. The van der Waals surface area contributed by atoms with Crippen LogP contribution in [0.1, 0.15) is 31.2 Å². The van der Waals surface area contributed by atoms with Gasteiger partial charge in [-0.25, -0.2) is 4.79 Å². The zero-order valence-corrected chi connectivity index (χ0v) is 16.3. The molecule has 4 rings (SSSR count). The van der Waals surface area contributed by atoms with Gasteiger partial charge in [-0.3, -0.25) is 4.68 Å². The van der Waals surface area contributed by atoms with E-state index in [9.17, 15) is 4.79 Å². The van der Waals surface area contributed by atoms with E-state index in [2.05, 4.69) is 44.9 Å². The molecular weight excluding hydrogens is 350 g/mol. The van der Waals surface area contributed by atoms with Gasteiger partial charge < -0.3 is 15.5 Å². The van der Waals surface area contributed by atoms with E-state index in [1.54, 1.807) is 10.9 Å². The molecule has 1 aliphatic rings. The molecule has 2 aromatic carbocycles. The fourth-order valence-electron chi connectivity index (χ4n) is 3.79. The van der Waals surface area contributed by atoms with Crippen LogP contribution >= 0.6 is 0 Å². The maximum atomic E-state index is 12.3. The Morgan fingerprint density at radius 3 is 2.54 bits per heavy atom. The number of hydrogen-bond donors (Lipinski definition) is 2. The van der Waals surface area contributed by atoms with Crippen LogP contribution in [-0.4, -0.2) is 28.9 Å². The normalized spacial score (nSPS) is 14.7. The number of fused-ring (bicyclic) bond motifs is 1. The van der Waals surface area contributed by atoms with Crippen LogP contribution in [0, 0.1) is 0 Å². The van der Waals surface area contributed by atoms with Crippen LogP contribution in [-0.2, 0) is 13.6 Å². The standard InChI is InChI=1S/C22H27N5O/c1-26-21-8-6-7-20(19(21)16-24-26)25-22(28)23-15-17-9-11-18(12-10-17)27-13-4-2-3-5-14-27/h6-12,16H,2-5,13-15H2,1H3,(H2,23,25,28). The van der Waals surface area contributed by atoms with Gasteiger partial charge in [0.1, 0.15) is 0 Å². The first-order valence-corrected chi connectivity index (χ1v) is 10.0. The lowest BCUT2D eigenvalue weighted by molar-refractivity contribution is 0.252. The summed E-state index contributed by atoms with van der Waals surface area (Å²) in [6.45, 7) is 2.77. The zero-order chi connectivity index (χ0) is 19.3. The Labute approximate surface area is 165 Å². The minimum atomic E-state index is -0.215. The van der Waals surface area contributed by atoms with Gasteiger partial charge in [-0.05, 0) is 42.7 Å². The second kappa shape index (κ2) is 8.33. The number of amides is 2. The number of urea groups is 1. The molecule has 0 radical (unpaired) electrons. The van der Waals surface area contributed by atoms with Crippen molar-refractivity contribution >= 4 is 28.3 Å². The third kappa shape index (κ3) is 4.11. The van der Waals surface area contributed by atoms with E-state index in [0.29, 0.717) is 6.54 Å². The quantitative estimate of drug-likeness (QED) is 0.713. The van der Waals surface area contributed by atoms with Crippen LogP contribution in [0.4, 0.5) is 16.2 Å². The van der Waals surface area contributed by atoms with E-state index in [1.807, 2.05) is 25.2 Å². The van der Waals surface area contributed by atoms with Gasteiger partial charge in [0.25, 0.3) is 0 Å². The van der Waals surface area contributed by atoms with Crippen LogP contribution in [0.5, 0.6) is 0 Å². The lowest BCUT2D eigenvalue weighted by atomic mass is 10.2. The monoisotopic (exact) mass is 377 g/mol. The largest absolute Gasteiger partial charge is 0.372 e. The van der Waals surface area contributed by atoms with Crippen molar-refractivity contribution < 1.29 is 4.79 Å². The van der Waals surface area contributed by atoms with Crippen molar-refractivity contribution in [2.45, 2.75) is 32.2 Å². The third-order valence-corrected chi connectivity index (χ3v) is 5.40. The number of aromatic nitrogens is 2. The van der Waals surface area contributed by atoms with Crippen molar-refractivity contribution in [2.24, 2.45) is 7.05 Å². The molecule has 0 bridgehead atoms. The van der Waals surface area contributed by atoms with Crippen molar-refractivity contribution in [3.63, 3.8) is 0 Å². The summed E-state index contributed by atoms with van der Waals surface area (Å²) in [6, 6.07) is 14.1. The fourth-order valence-corrected chi connectivity index (χ4v) is 3.79. The van der Waals surface area contributed by atoms with Crippen LogP contribution in [0.2, 0.25) is 0 Å². The van der Waals surface area contributed by atoms with Crippen molar-refractivity contribution in [3.8, 4) is 0 Å². The molecule has 6 nitrogen and oxygen atoms in total. The number of aryl methyl sites for hydroxylation is 1. The van der Waals surface area contributed by atoms with E-state index in [4.69, 9.17) is 0 Å². The summed E-state index contributed by atoms with van der Waals surface area (Å²) in [5.41, 5.74) is 4.12. The molecule has 2 N–H and O–H groups in total. The highest BCUT2D eigenvalue weighted by Crippen LogP contribution is 2.22. The summed E-state index contributed by atoms with van der Waals surface area (Å²) in [4.78, 5) is 14.8. The molecule has 146 valence electrons. The summed E-state index contributed by atoms with van der Waals surface area (Å²) in [5.74, 6) is 0. The van der Waals surface area contributed by atoms with E-state index in [-0.39, 0.29) is 6.03 Å². The predicted octanol–water partition coefficient (Wildman–Crippen LogP) is 4.28.